The number of allylic oxidation sites excluding steroid dienone is 1. The van der Waals surface area contributed by atoms with Gasteiger partial charge in [-0.3, -0.25) is 0 Å². The molecule has 0 unspecified atom stereocenters. The average Bonchev–Trinajstić information content (AvgIpc) is 2.60. The molecule has 2 rings (SSSR count). The Labute approximate surface area is 161 Å². The zero-order valence-corrected chi connectivity index (χ0v) is 15.9. The minimum absolute atomic E-state index is 0.141. The molecule has 0 amide bonds. The number of hydrogen-bond acceptors (Lipinski definition) is 3. The molecule has 3 nitrogen and oxygen atoms in total. The van der Waals surface area contributed by atoms with E-state index in [0.717, 1.165) is 11.1 Å². The van der Waals surface area contributed by atoms with Crippen LogP contribution < -0.4 is 9.47 Å². The third kappa shape index (κ3) is 5.03. The van der Waals surface area contributed by atoms with Crippen LogP contribution in [-0.2, 0) is 0 Å². The molecule has 2 aromatic carbocycles. The van der Waals surface area contributed by atoms with Gasteiger partial charge in [-0.05, 0) is 64.3 Å². The normalized spacial score (nSPS) is 10.7. The van der Waals surface area contributed by atoms with E-state index in [9.17, 15) is 5.26 Å². The molecule has 126 valence electrons. The SMILES string of the molecule is C#CCOc1c(Br)cc(/C=C(/C#N)c2ccc(Cl)cc2)cc1OCC. The molecule has 0 bridgehead atoms. The highest BCUT2D eigenvalue weighted by Gasteiger charge is 2.12. The Morgan fingerprint density at radius 2 is 2.00 bits per heavy atom. The number of ether oxygens (including phenoxy) is 2. The quantitative estimate of drug-likeness (QED) is 0.351. The number of nitrogens with zero attached hydrogens (tertiary/aromatic N) is 1. The zero-order chi connectivity index (χ0) is 18.2. The van der Waals surface area contributed by atoms with E-state index >= 15 is 0 Å². The monoisotopic (exact) mass is 415 g/mol. The van der Waals surface area contributed by atoms with Crippen molar-refractivity contribution in [2.45, 2.75) is 6.92 Å². The number of benzene rings is 2. The van der Waals surface area contributed by atoms with Gasteiger partial charge in [0, 0.05) is 5.02 Å². The first-order valence-corrected chi connectivity index (χ1v) is 8.66. The number of terminal acetylenes is 1. The van der Waals surface area contributed by atoms with Gasteiger partial charge in [0.15, 0.2) is 11.5 Å². The Morgan fingerprint density at radius 1 is 1.28 bits per heavy atom. The molecule has 0 atom stereocenters. The molecule has 0 radical (unpaired) electrons. The van der Waals surface area contributed by atoms with E-state index in [4.69, 9.17) is 27.5 Å². The van der Waals surface area contributed by atoms with Gasteiger partial charge in [0.2, 0.25) is 0 Å². The molecule has 25 heavy (non-hydrogen) atoms. The topological polar surface area (TPSA) is 42.2 Å². The lowest BCUT2D eigenvalue weighted by Crippen LogP contribution is -2.00. The summed E-state index contributed by atoms with van der Waals surface area (Å²) in [4.78, 5) is 0. The molecule has 0 heterocycles. The van der Waals surface area contributed by atoms with Crippen molar-refractivity contribution < 1.29 is 9.47 Å². The molecular formula is C20H15BrClNO2. The Hall–Kier alpha value is -2.40. The molecule has 2 aromatic rings. The summed E-state index contributed by atoms with van der Waals surface area (Å²) in [6.45, 7) is 2.51. The molecule has 0 aliphatic carbocycles. The van der Waals surface area contributed by atoms with Gasteiger partial charge in [0.05, 0.1) is 22.7 Å². The van der Waals surface area contributed by atoms with Crippen molar-refractivity contribution in [2.75, 3.05) is 13.2 Å². The summed E-state index contributed by atoms with van der Waals surface area (Å²) >= 11 is 9.37. The van der Waals surface area contributed by atoms with Crippen LogP contribution in [-0.4, -0.2) is 13.2 Å². The average molecular weight is 417 g/mol. The standard InChI is InChI=1S/C20H15BrClNO2/c1-3-9-25-20-18(21)11-14(12-19(20)24-4-2)10-16(13-23)15-5-7-17(22)8-6-15/h1,5-8,10-12H,4,9H2,2H3/b16-10-. The molecular weight excluding hydrogens is 402 g/mol. The second-order valence-electron chi connectivity index (χ2n) is 4.93. The Balaban J connectivity index is 2.45. The molecule has 0 saturated carbocycles. The van der Waals surface area contributed by atoms with E-state index in [0.29, 0.717) is 33.2 Å². The van der Waals surface area contributed by atoms with Crippen LogP contribution in [0.15, 0.2) is 40.9 Å². The summed E-state index contributed by atoms with van der Waals surface area (Å²) in [5.74, 6) is 3.54. The van der Waals surface area contributed by atoms with Crippen molar-refractivity contribution in [2.24, 2.45) is 0 Å². The lowest BCUT2D eigenvalue weighted by atomic mass is 10.0. The van der Waals surface area contributed by atoms with Crippen LogP contribution in [0, 0.1) is 23.7 Å². The maximum atomic E-state index is 9.48. The van der Waals surface area contributed by atoms with E-state index in [2.05, 4.69) is 27.9 Å². The van der Waals surface area contributed by atoms with Crippen LogP contribution >= 0.6 is 27.5 Å². The summed E-state index contributed by atoms with van der Waals surface area (Å²) < 4.78 is 11.9. The van der Waals surface area contributed by atoms with E-state index in [1.807, 2.05) is 19.1 Å². The molecule has 0 saturated heterocycles. The molecule has 0 aromatic heterocycles. The van der Waals surface area contributed by atoms with Crippen LogP contribution in [0.3, 0.4) is 0 Å². The maximum Gasteiger partial charge on any atom is 0.176 e. The van der Waals surface area contributed by atoms with Crippen molar-refractivity contribution in [3.63, 3.8) is 0 Å². The van der Waals surface area contributed by atoms with Gasteiger partial charge in [0.1, 0.15) is 6.61 Å². The van der Waals surface area contributed by atoms with Gasteiger partial charge >= 0.3 is 0 Å². The minimum Gasteiger partial charge on any atom is -0.490 e. The molecule has 0 spiro atoms. The van der Waals surface area contributed by atoms with Gasteiger partial charge in [-0.15, -0.1) is 6.42 Å². The summed E-state index contributed by atoms with van der Waals surface area (Å²) in [6, 6.07) is 13.0. The van der Waals surface area contributed by atoms with Crippen molar-refractivity contribution in [1.82, 2.24) is 0 Å². The smallest absolute Gasteiger partial charge is 0.176 e. The predicted octanol–water partition coefficient (Wildman–Crippen LogP) is 5.58. The van der Waals surface area contributed by atoms with Crippen molar-refractivity contribution in [1.29, 1.82) is 5.26 Å². The summed E-state index contributed by atoms with van der Waals surface area (Å²) in [6.07, 6.45) is 7.03. The van der Waals surface area contributed by atoms with Crippen molar-refractivity contribution in [3.05, 3.63) is 57.0 Å². The van der Waals surface area contributed by atoms with Gasteiger partial charge in [-0.2, -0.15) is 5.26 Å². The minimum atomic E-state index is 0.141. The zero-order valence-electron chi connectivity index (χ0n) is 13.6. The first kappa shape index (κ1) is 18.9. The van der Waals surface area contributed by atoms with Crippen LogP contribution in [0.5, 0.6) is 11.5 Å². The first-order chi connectivity index (χ1) is 12.1. The van der Waals surface area contributed by atoms with Crippen molar-refractivity contribution >= 4 is 39.2 Å². The largest absolute Gasteiger partial charge is 0.490 e. The first-order valence-electron chi connectivity index (χ1n) is 7.49. The molecule has 0 fully saturated rings. The lowest BCUT2D eigenvalue weighted by molar-refractivity contribution is 0.298. The van der Waals surface area contributed by atoms with Crippen LogP contribution in [0.25, 0.3) is 11.6 Å². The van der Waals surface area contributed by atoms with Crippen molar-refractivity contribution in [3.8, 4) is 29.9 Å². The van der Waals surface area contributed by atoms with E-state index in [-0.39, 0.29) is 6.61 Å². The van der Waals surface area contributed by atoms with E-state index in [1.54, 1.807) is 30.3 Å². The molecule has 5 heteroatoms. The Kier molecular flexibility index (Phi) is 6.95. The van der Waals surface area contributed by atoms with E-state index in [1.165, 1.54) is 0 Å². The second kappa shape index (κ2) is 9.18. The van der Waals surface area contributed by atoms with Gasteiger partial charge in [-0.1, -0.05) is 29.7 Å². The third-order valence-electron chi connectivity index (χ3n) is 3.22. The molecule has 0 aliphatic rings. The lowest BCUT2D eigenvalue weighted by Gasteiger charge is -2.13. The molecule has 0 N–H and O–H groups in total. The maximum absolute atomic E-state index is 9.48. The van der Waals surface area contributed by atoms with Crippen LogP contribution in [0.2, 0.25) is 5.02 Å². The Morgan fingerprint density at radius 3 is 2.60 bits per heavy atom. The third-order valence-corrected chi connectivity index (χ3v) is 4.06. The van der Waals surface area contributed by atoms with Gasteiger partial charge in [-0.25, -0.2) is 0 Å². The fourth-order valence-corrected chi connectivity index (χ4v) is 2.86. The van der Waals surface area contributed by atoms with E-state index < -0.39 is 0 Å². The number of hydrogen-bond donors (Lipinski definition) is 0. The highest BCUT2D eigenvalue weighted by molar-refractivity contribution is 9.10. The fraction of sp³-hybridized carbons (Fsp3) is 0.150. The summed E-state index contributed by atoms with van der Waals surface area (Å²) in [7, 11) is 0. The summed E-state index contributed by atoms with van der Waals surface area (Å²) in [5.41, 5.74) is 2.10. The Bertz CT molecular complexity index is 861. The predicted molar refractivity (Wildman–Crippen MR) is 105 cm³/mol. The van der Waals surface area contributed by atoms with Gasteiger partial charge in [0.25, 0.3) is 0 Å². The summed E-state index contributed by atoms with van der Waals surface area (Å²) in [5, 5.41) is 10.1. The highest BCUT2D eigenvalue weighted by atomic mass is 79.9. The number of rotatable bonds is 6. The van der Waals surface area contributed by atoms with Crippen LogP contribution in [0.1, 0.15) is 18.1 Å². The number of halogens is 2. The van der Waals surface area contributed by atoms with Gasteiger partial charge < -0.3 is 9.47 Å². The fourth-order valence-electron chi connectivity index (χ4n) is 2.16. The molecule has 0 aliphatic heterocycles. The second-order valence-corrected chi connectivity index (χ2v) is 6.22. The number of nitriles is 1. The van der Waals surface area contributed by atoms with Crippen LogP contribution in [0.4, 0.5) is 0 Å². The highest BCUT2D eigenvalue weighted by Crippen LogP contribution is 2.38.